The molecule has 0 saturated heterocycles. The van der Waals surface area contributed by atoms with Crippen LogP contribution in [0.1, 0.15) is 16.1 Å². The van der Waals surface area contributed by atoms with Gasteiger partial charge < -0.3 is 19.8 Å². The summed E-state index contributed by atoms with van der Waals surface area (Å²) in [5.74, 6) is -0.495. The minimum absolute atomic E-state index is 0.0854. The molecule has 0 aliphatic heterocycles. The molecule has 0 bridgehead atoms. The van der Waals surface area contributed by atoms with E-state index in [0.29, 0.717) is 9.08 Å². The lowest BCUT2D eigenvalue weighted by molar-refractivity contribution is -0.137. The zero-order valence-electron chi connectivity index (χ0n) is 12.8. The number of aromatic nitrogens is 1. The number of hydrogen-bond donors (Lipinski definition) is 2. The number of hydrogen-bond acceptors (Lipinski definition) is 3. The number of carbonyl (C=O) groups excluding carboxylic acids is 1. The maximum absolute atomic E-state index is 12.9. The van der Waals surface area contributed by atoms with Crippen LogP contribution in [0.25, 0.3) is 0 Å². The number of halogens is 5. The van der Waals surface area contributed by atoms with Crippen molar-refractivity contribution in [3.63, 3.8) is 0 Å². The van der Waals surface area contributed by atoms with E-state index in [4.69, 9.17) is 9.47 Å². The highest BCUT2D eigenvalue weighted by Crippen LogP contribution is 2.35. The van der Waals surface area contributed by atoms with Crippen LogP contribution in [0.5, 0.6) is 5.75 Å². The molecule has 1 heterocycles. The van der Waals surface area contributed by atoms with E-state index in [-0.39, 0.29) is 30.3 Å². The molecule has 0 saturated carbocycles. The summed E-state index contributed by atoms with van der Waals surface area (Å²) in [7, 11) is 1.47. The van der Waals surface area contributed by atoms with Gasteiger partial charge in [0.25, 0.3) is 5.91 Å². The van der Waals surface area contributed by atoms with E-state index in [2.05, 4.69) is 42.2 Å². The normalized spacial score (nSPS) is 11.4. The van der Waals surface area contributed by atoms with Gasteiger partial charge in [0, 0.05) is 7.11 Å². The summed E-state index contributed by atoms with van der Waals surface area (Å²) in [6.07, 6.45) is -4.54. The number of carbonyl (C=O) groups is 1. The van der Waals surface area contributed by atoms with Crippen LogP contribution in [0, 0.1) is 0 Å². The summed E-state index contributed by atoms with van der Waals surface area (Å²) in [5.41, 5.74) is -0.812. The molecule has 2 rings (SSSR count). The molecule has 0 fully saturated rings. The van der Waals surface area contributed by atoms with Crippen LogP contribution in [0.2, 0.25) is 0 Å². The Kier molecular flexibility index (Phi) is 6.53. The van der Waals surface area contributed by atoms with Crippen molar-refractivity contribution in [3.05, 3.63) is 44.6 Å². The highest BCUT2D eigenvalue weighted by atomic mass is 79.9. The Morgan fingerprint density at radius 2 is 1.96 bits per heavy atom. The zero-order chi connectivity index (χ0) is 18.6. The predicted molar refractivity (Wildman–Crippen MR) is 93.0 cm³/mol. The molecule has 2 aromatic rings. The number of alkyl halides is 3. The van der Waals surface area contributed by atoms with E-state index in [1.54, 1.807) is 0 Å². The van der Waals surface area contributed by atoms with E-state index >= 15 is 0 Å². The lowest BCUT2D eigenvalue weighted by atomic mass is 10.1. The summed E-state index contributed by atoms with van der Waals surface area (Å²) in [5, 5.41) is 2.43. The Bertz CT molecular complexity index is 743. The summed E-state index contributed by atoms with van der Waals surface area (Å²) >= 11 is 6.41. The number of nitrogens with one attached hydrogen (secondary N) is 2. The second-order valence-corrected chi connectivity index (χ2v) is 6.50. The predicted octanol–water partition coefficient (Wildman–Crippen LogP) is 4.84. The van der Waals surface area contributed by atoms with Gasteiger partial charge in [-0.1, -0.05) is 0 Å². The molecule has 0 unspecified atom stereocenters. The van der Waals surface area contributed by atoms with Crippen molar-refractivity contribution in [2.75, 3.05) is 25.6 Å². The van der Waals surface area contributed by atoms with E-state index in [1.165, 1.54) is 13.2 Å². The van der Waals surface area contributed by atoms with Crippen molar-refractivity contribution in [1.82, 2.24) is 4.98 Å². The second-order valence-electron chi connectivity index (χ2n) is 4.85. The maximum Gasteiger partial charge on any atom is 0.416 e. The van der Waals surface area contributed by atoms with Crippen LogP contribution in [-0.4, -0.2) is 31.2 Å². The molecular weight excluding hydrogens is 473 g/mol. The van der Waals surface area contributed by atoms with E-state index in [0.717, 1.165) is 18.2 Å². The van der Waals surface area contributed by atoms with E-state index < -0.39 is 17.6 Å². The van der Waals surface area contributed by atoms with Gasteiger partial charge in [-0.2, -0.15) is 13.2 Å². The minimum atomic E-state index is -4.54. The number of amides is 1. The molecule has 1 aromatic heterocycles. The lowest BCUT2D eigenvalue weighted by Gasteiger charge is -2.15. The van der Waals surface area contributed by atoms with Gasteiger partial charge in [-0.05, 0) is 56.1 Å². The molecule has 136 valence electrons. The molecule has 5 nitrogen and oxygen atoms in total. The average Bonchev–Trinajstić information content (AvgIpc) is 2.87. The molecule has 25 heavy (non-hydrogen) atoms. The van der Waals surface area contributed by atoms with Gasteiger partial charge in [-0.15, -0.1) is 0 Å². The SMILES string of the molecule is COCCOc1ccc(C(F)(F)F)cc1NC(=O)c1cc(Br)c(Br)[nH]1. The van der Waals surface area contributed by atoms with Gasteiger partial charge in [0.2, 0.25) is 0 Å². The van der Waals surface area contributed by atoms with E-state index in [9.17, 15) is 18.0 Å². The molecule has 0 atom stereocenters. The van der Waals surface area contributed by atoms with Gasteiger partial charge in [0.05, 0.1) is 26.9 Å². The molecule has 0 aliphatic carbocycles. The Balaban J connectivity index is 2.29. The van der Waals surface area contributed by atoms with Crippen LogP contribution < -0.4 is 10.1 Å². The van der Waals surface area contributed by atoms with Crippen LogP contribution in [0.3, 0.4) is 0 Å². The van der Waals surface area contributed by atoms with Crippen LogP contribution in [0.4, 0.5) is 18.9 Å². The van der Waals surface area contributed by atoms with Crippen molar-refractivity contribution in [2.24, 2.45) is 0 Å². The van der Waals surface area contributed by atoms with Crippen molar-refractivity contribution in [3.8, 4) is 5.75 Å². The molecule has 10 heteroatoms. The highest BCUT2D eigenvalue weighted by molar-refractivity contribution is 9.13. The third-order valence-electron chi connectivity index (χ3n) is 3.07. The molecule has 1 aromatic carbocycles. The van der Waals surface area contributed by atoms with Crippen LogP contribution >= 0.6 is 31.9 Å². The fourth-order valence-corrected chi connectivity index (χ4v) is 2.54. The van der Waals surface area contributed by atoms with E-state index in [1.807, 2.05) is 0 Å². The standard InChI is InChI=1S/C15H13Br2F3N2O3/c1-24-4-5-25-12-3-2-8(15(18,19)20)6-10(12)22-14(23)11-7-9(16)13(17)21-11/h2-3,6-7,21H,4-5H2,1H3,(H,22,23). The molecule has 2 N–H and O–H groups in total. The molecule has 0 radical (unpaired) electrons. The third-order valence-corrected chi connectivity index (χ3v) is 4.85. The van der Waals surface area contributed by atoms with Gasteiger partial charge in [-0.25, -0.2) is 0 Å². The van der Waals surface area contributed by atoms with Crippen molar-refractivity contribution >= 4 is 43.5 Å². The Morgan fingerprint density at radius 1 is 1.24 bits per heavy atom. The number of benzene rings is 1. The fraction of sp³-hybridized carbons (Fsp3) is 0.267. The number of aromatic amines is 1. The number of ether oxygens (including phenoxy) is 2. The summed E-state index contributed by atoms with van der Waals surface area (Å²) < 4.78 is 50.2. The first-order valence-electron chi connectivity index (χ1n) is 6.90. The fourth-order valence-electron chi connectivity index (χ4n) is 1.88. The topological polar surface area (TPSA) is 63.4 Å². The van der Waals surface area contributed by atoms with Gasteiger partial charge in [0.15, 0.2) is 0 Å². The zero-order valence-corrected chi connectivity index (χ0v) is 16.0. The largest absolute Gasteiger partial charge is 0.489 e. The first kappa shape index (κ1) is 19.8. The third kappa shape index (κ3) is 5.23. The van der Waals surface area contributed by atoms with Gasteiger partial charge in [-0.3, -0.25) is 4.79 Å². The summed E-state index contributed by atoms with van der Waals surface area (Å²) in [4.78, 5) is 15.0. The number of methoxy groups -OCH3 is 1. The lowest BCUT2D eigenvalue weighted by Crippen LogP contribution is -2.15. The van der Waals surface area contributed by atoms with Gasteiger partial charge in [0.1, 0.15) is 18.1 Å². The first-order valence-corrected chi connectivity index (χ1v) is 8.49. The van der Waals surface area contributed by atoms with Crippen LogP contribution in [-0.2, 0) is 10.9 Å². The summed E-state index contributed by atoms with van der Waals surface area (Å²) in [6.45, 7) is 0.384. The number of H-pyrrole nitrogens is 1. The number of anilines is 1. The first-order chi connectivity index (χ1) is 11.7. The molecule has 0 spiro atoms. The maximum atomic E-state index is 12.9. The Hall–Kier alpha value is -1.52. The Morgan fingerprint density at radius 3 is 2.52 bits per heavy atom. The van der Waals surface area contributed by atoms with Crippen molar-refractivity contribution < 1.29 is 27.4 Å². The summed E-state index contributed by atoms with van der Waals surface area (Å²) in [6, 6.07) is 4.37. The average molecular weight is 486 g/mol. The second kappa shape index (κ2) is 8.24. The molecule has 1 amide bonds. The highest BCUT2D eigenvalue weighted by Gasteiger charge is 2.31. The Labute approximate surface area is 158 Å². The molecular formula is C15H13Br2F3N2O3. The van der Waals surface area contributed by atoms with Crippen molar-refractivity contribution in [2.45, 2.75) is 6.18 Å². The van der Waals surface area contributed by atoms with Crippen molar-refractivity contribution in [1.29, 1.82) is 0 Å². The number of rotatable bonds is 6. The minimum Gasteiger partial charge on any atom is -0.489 e. The quantitative estimate of drug-likeness (QED) is 0.575. The smallest absolute Gasteiger partial charge is 0.416 e. The van der Waals surface area contributed by atoms with Crippen LogP contribution in [0.15, 0.2) is 33.3 Å². The molecule has 0 aliphatic rings. The monoisotopic (exact) mass is 484 g/mol. The van der Waals surface area contributed by atoms with Gasteiger partial charge >= 0.3 is 6.18 Å².